The van der Waals surface area contributed by atoms with Crippen LogP contribution < -0.4 is 10.6 Å². The molecule has 0 atom stereocenters. The van der Waals surface area contributed by atoms with Crippen molar-refractivity contribution in [2.45, 2.75) is 12.6 Å². The highest BCUT2D eigenvalue weighted by Gasteiger charge is 2.34. The molecule has 3 rings (SSSR count). The van der Waals surface area contributed by atoms with Crippen molar-refractivity contribution >= 4 is 11.7 Å². The molecular formula is C18H15F4N5O. The third-order valence-electron chi connectivity index (χ3n) is 3.84. The number of halogens is 4. The highest BCUT2D eigenvalue weighted by Crippen LogP contribution is 2.35. The maximum Gasteiger partial charge on any atom is 0.418 e. The van der Waals surface area contributed by atoms with Gasteiger partial charge in [-0.25, -0.2) is 18.9 Å². The zero-order valence-corrected chi connectivity index (χ0v) is 14.4. The third-order valence-corrected chi connectivity index (χ3v) is 3.84. The molecule has 0 aliphatic rings. The highest BCUT2D eigenvalue weighted by molar-refractivity contribution is 5.89. The number of anilines is 1. The van der Waals surface area contributed by atoms with Gasteiger partial charge in [-0.3, -0.25) is 0 Å². The van der Waals surface area contributed by atoms with Gasteiger partial charge in [-0.15, -0.1) is 0 Å². The number of hydrogen-bond donors (Lipinski definition) is 2. The fourth-order valence-corrected chi connectivity index (χ4v) is 2.52. The van der Waals surface area contributed by atoms with Crippen LogP contribution in [0.25, 0.3) is 5.69 Å². The molecule has 0 fully saturated rings. The molecule has 0 aliphatic carbocycles. The molecule has 146 valence electrons. The molecule has 0 saturated heterocycles. The molecule has 0 bridgehead atoms. The highest BCUT2D eigenvalue weighted by atomic mass is 19.4. The van der Waals surface area contributed by atoms with E-state index in [9.17, 15) is 22.4 Å². The number of benzene rings is 2. The smallest absolute Gasteiger partial charge is 0.338 e. The number of nitrogens with one attached hydrogen (secondary N) is 2. The molecule has 6 nitrogen and oxygen atoms in total. The van der Waals surface area contributed by atoms with Crippen LogP contribution in [0.5, 0.6) is 0 Å². The Labute approximate surface area is 157 Å². The van der Waals surface area contributed by atoms with E-state index in [2.05, 4.69) is 20.7 Å². The number of hydrogen-bond acceptors (Lipinski definition) is 3. The number of nitrogens with zero attached hydrogens (tertiary/aromatic N) is 3. The lowest BCUT2D eigenvalue weighted by molar-refractivity contribution is -0.137. The van der Waals surface area contributed by atoms with E-state index >= 15 is 0 Å². The summed E-state index contributed by atoms with van der Waals surface area (Å²) in [4.78, 5) is 15.6. The molecule has 3 aromatic rings. The van der Waals surface area contributed by atoms with Gasteiger partial charge in [0.05, 0.1) is 11.3 Å². The van der Waals surface area contributed by atoms with Crippen molar-refractivity contribution in [1.29, 1.82) is 0 Å². The monoisotopic (exact) mass is 393 g/mol. The largest absolute Gasteiger partial charge is 0.418 e. The van der Waals surface area contributed by atoms with E-state index in [1.807, 2.05) is 0 Å². The van der Waals surface area contributed by atoms with Crippen molar-refractivity contribution in [3.8, 4) is 5.69 Å². The van der Waals surface area contributed by atoms with Crippen LogP contribution in [-0.4, -0.2) is 27.3 Å². The lowest BCUT2D eigenvalue weighted by Gasteiger charge is -2.15. The molecule has 0 spiro atoms. The molecule has 0 radical (unpaired) electrons. The molecular weight excluding hydrogens is 378 g/mol. The molecule has 0 saturated carbocycles. The van der Waals surface area contributed by atoms with E-state index < -0.39 is 17.8 Å². The predicted molar refractivity (Wildman–Crippen MR) is 93.5 cm³/mol. The SMILES string of the molecule is O=C(NCCc1ccc(F)cc1)Nc1ccc(-n2cncn2)c(C(F)(F)F)c1. The van der Waals surface area contributed by atoms with E-state index in [0.29, 0.717) is 6.42 Å². The molecule has 0 aliphatic heterocycles. The first kappa shape index (κ1) is 19.3. The first-order valence-electron chi connectivity index (χ1n) is 8.18. The molecule has 2 N–H and O–H groups in total. The zero-order valence-electron chi connectivity index (χ0n) is 14.4. The van der Waals surface area contributed by atoms with Gasteiger partial charge in [0, 0.05) is 12.2 Å². The predicted octanol–water partition coefficient (Wildman–Crippen LogP) is 3.79. The van der Waals surface area contributed by atoms with Gasteiger partial charge < -0.3 is 10.6 Å². The average Bonchev–Trinajstić information content (AvgIpc) is 3.17. The van der Waals surface area contributed by atoms with E-state index in [1.54, 1.807) is 12.1 Å². The van der Waals surface area contributed by atoms with Crippen LogP contribution in [-0.2, 0) is 12.6 Å². The maximum absolute atomic E-state index is 13.4. The van der Waals surface area contributed by atoms with E-state index in [0.717, 1.165) is 29.0 Å². The van der Waals surface area contributed by atoms with Crippen molar-refractivity contribution in [2.24, 2.45) is 0 Å². The molecule has 1 aromatic heterocycles. The van der Waals surface area contributed by atoms with Gasteiger partial charge in [0.15, 0.2) is 0 Å². The summed E-state index contributed by atoms with van der Waals surface area (Å²) in [5.74, 6) is -0.357. The minimum atomic E-state index is -4.64. The number of rotatable bonds is 5. The third kappa shape index (κ3) is 4.84. The Balaban J connectivity index is 1.65. The van der Waals surface area contributed by atoms with Gasteiger partial charge in [-0.1, -0.05) is 12.1 Å². The van der Waals surface area contributed by atoms with Crippen LogP contribution in [0, 0.1) is 5.82 Å². The Morgan fingerprint density at radius 3 is 2.50 bits per heavy atom. The topological polar surface area (TPSA) is 71.8 Å². The van der Waals surface area contributed by atoms with E-state index in [4.69, 9.17) is 0 Å². The number of urea groups is 1. The Morgan fingerprint density at radius 2 is 1.86 bits per heavy atom. The Kier molecular flexibility index (Phi) is 5.57. The fourth-order valence-electron chi connectivity index (χ4n) is 2.52. The fraction of sp³-hybridized carbons (Fsp3) is 0.167. The van der Waals surface area contributed by atoms with Gasteiger partial charge >= 0.3 is 12.2 Å². The van der Waals surface area contributed by atoms with Crippen LogP contribution >= 0.6 is 0 Å². The van der Waals surface area contributed by atoms with Crippen LogP contribution in [0.1, 0.15) is 11.1 Å². The summed E-state index contributed by atoms with van der Waals surface area (Å²) >= 11 is 0. The summed E-state index contributed by atoms with van der Waals surface area (Å²) < 4.78 is 53.9. The molecule has 2 aromatic carbocycles. The summed E-state index contributed by atoms with van der Waals surface area (Å²) in [5.41, 5.74) is -0.358. The number of carbonyl (C=O) groups excluding carboxylic acids is 1. The first-order valence-corrected chi connectivity index (χ1v) is 8.18. The van der Waals surface area contributed by atoms with Crippen molar-refractivity contribution < 1.29 is 22.4 Å². The Morgan fingerprint density at radius 1 is 1.11 bits per heavy atom. The summed E-state index contributed by atoms with van der Waals surface area (Å²) in [6.07, 6.45) is -1.91. The molecule has 1 heterocycles. The number of alkyl halides is 3. The summed E-state index contributed by atoms with van der Waals surface area (Å²) in [6, 6.07) is 8.52. The van der Waals surface area contributed by atoms with Crippen LogP contribution in [0.3, 0.4) is 0 Å². The van der Waals surface area contributed by atoms with Crippen molar-refractivity contribution in [2.75, 3.05) is 11.9 Å². The van der Waals surface area contributed by atoms with Crippen LogP contribution in [0.2, 0.25) is 0 Å². The molecule has 2 amide bonds. The minimum Gasteiger partial charge on any atom is -0.338 e. The molecule has 28 heavy (non-hydrogen) atoms. The number of amides is 2. The number of aromatic nitrogens is 3. The van der Waals surface area contributed by atoms with E-state index in [1.165, 1.54) is 24.3 Å². The lowest BCUT2D eigenvalue weighted by Crippen LogP contribution is -2.30. The van der Waals surface area contributed by atoms with E-state index in [-0.39, 0.29) is 23.7 Å². The van der Waals surface area contributed by atoms with Crippen LogP contribution in [0.15, 0.2) is 55.1 Å². The Bertz CT molecular complexity index is 940. The summed E-state index contributed by atoms with van der Waals surface area (Å²) in [7, 11) is 0. The second-order valence-corrected chi connectivity index (χ2v) is 5.83. The second kappa shape index (κ2) is 8.07. The molecule has 10 heteroatoms. The Hall–Kier alpha value is -3.43. The number of carbonyl (C=O) groups is 1. The van der Waals surface area contributed by atoms with Crippen molar-refractivity contribution in [1.82, 2.24) is 20.1 Å². The van der Waals surface area contributed by atoms with Crippen molar-refractivity contribution in [3.05, 3.63) is 72.1 Å². The van der Waals surface area contributed by atoms with Gasteiger partial charge in [0.2, 0.25) is 0 Å². The zero-order chi connectivity index (χ0) is 20.1. The minimum absolute atomic E-state index is 0.0181. The quantitative estimate of drug-likeness (QED) is 0.648. The van der Waals surface area contributed by atoms with Gasteiger partial charge in [-0.2, -0.15) is 18.3 Å². The van der Waals surface area contributed by atoms with Gasteiger partial charge in [0.1, 0.15) is 18.5 Å². The maximum atomic E-state index is 13.4. The standard InChI is InChI=1S/C18H15F4N5O/c19-13-3-1-12(2-4-13)7-8-24-17(28)26-14-5-6-16(27-11-23-10-25-27)15(9-14)18(20,21)22/h1-6,9-11H,7-8H2,(H2,24,26,28). The summed E-state index contributed by atoms with van der Waals surface area (Å²) in [6.45, 7) is 0.237. The lowest BCUT2D eigenvalue weighted by atomic mass is 10.1. The summed E-state index contributed by atoms with van der Waals surface area (Å²) in [5, 5.41) is 8.62. The normalized spacial score (nSPS) is 11.3. The average molecular weight is 393 g/mol. The van der Waals surface area contributed by atoms with Crippen molar-refractivity contribution in [3.63, 3.8) is 0 Å². The van der Waals surface area contributed by atoms with Gasteiger partial charge in [0.25, 0.3) is 0 Å². The second-order valence-electron chi connectivity index (χ2n) is 5.83. The van der Waals surface area contributed by atoms with Gasteiger partial charge in [-0.05, 0) is 42.3 Å². The first-order chi connectivity index (χ1) is 13.3. The van der Waals surface area contributed by atoms with Crippen LogP contribution in [0.4, 0.5) is 28.0 Å². The molecule has 0 unspecified atom stereocenters.